The molecule has 2 aromatic heterocycles. The van der Waals surface area contributed by atoms with Crippen molar-refractivity contribution in [1.82, 2.24) is 15.0 Å². The lowest BCUT2D eigenvalue weighted by Crippen LogP contribution is -2.00. The molecule has 8 aromatic rings. The molecule has 0 saturated heterocycles. The summed E-state index contributed by atoms with van der Waals surface area (Å²) in [6, 6.07) is 22.2. The van der Waals surface area contributed by atoms with Gasteiger partial charge in [-0.15, -0.1) is 0 Å². The Morgan fingerprint density at radius 1 is 0.488 bits per heavy atom. The molecule has 4 nitrogen and oxygen atoms in total. The number of aromatic nitrogens is 3. The molecule has 0 unspecified atom stereocenters. The van der Waals surface area contributed by atoms with Gasteiger partial charge in [0.25, 0.3) is 0 Å². The highest BCUT2D eigenvalue weighted by atomic mass is 16.3. The van der Waals surface area contributed by atoms with Gasteiger partial charge in [-0.1, -0.05) is 115 Å². The molecular formula is C37H23N3O. The van der Waals surface area contributed by atoms with Crippen LogP contribution in [0.3, 0.4) is 0 Å². The molecule has 0 aliphatic heterocycles. The van der Waals surface area contributed by atoms with Crippen molar-refractivity contribution in [3.8, 4) is 45.3 Å². The van der Waals surface area contributed by atoms with Gasteiger partial charge < -0.3 is 4.42 Å². The van der Waals surface area contributed by atoms with Gasteiger partial charge in [0.2, 0.25) is 0 Å². The van der Waals surface area contributed by atoms with Crippen LogP contribution in [0.2, 0.25) is 0 Å². The van der Waals surface area contributed by atoms with Gasteiger partial charge in [0.05, 0.1) is 12.3 Å². The molecule has 8 rings (SSSR count). The van der Waals surface area contributed by atoms with Crippen molar-refractivity contribution in [2.75, 3.05) is 0 Å². The van der Waals surface area contributed by atoms with Crippen LogP contribution in [0.1, 0.15) is 12.3 Å². The molecule has 0 spiro atoms. The molecule has 0 bridgehead atoms. The van der Waals surface area contributed by atoms with E-state index in [4.69, 9.17) is 30.3 Å². The van der Waals surface area contributed by atoms with Crippen molar-refractivity contribution >= 4 is 32.7 Å². The SMILES string of the molecule is [2H]c1c(-c2cccc(-c3nc(-c4ccccc4)nc(-c4ccccc4)n3)c2)c([2H])c2c(oc3c4c([2H])c([2H])c([2H])c([2H])c4c([2H])c([2H])c32)c1[2H]. The summed E-state index contributed by atoms with van der Waals surface area (Å²) in [6.07, 6.45) is 0. The van der Waals surface area contributed by atoms with Crippen LogP contribution in [0.4, 0.5) is 0 Å². The molecule has 192 valence electrons. The Morgan fingerprint density at radius 3 is 1.85 bits per heavy atom. The second-order valence-corrected chi connectivity index (χ2v) is 9.38. The van der Waals surface area contributed by atoms with Crippen LogP contribution in [0.15, 0.2) is 144 Å². The van der Waals surface area contributed by atoms with Crippen molar-refractivity contribution in [2.45, 2.75) is 0 Å². The van der Waals surface area contributed by atoms with E-state index in [1.807, 2.05) is 60.7 Å². The molecule has 4 heteroatoms. The molecule has 0 aliphatic rings. The molecule has 0 fully saturated rings. The Hall–Kier alpha value is -5.61. The summed E-state index contributed by atoms with van der Waals surface area (Å²) in [4.78, 5) is 14.3. The third-order valence-electron chi connectivity index (χ3n) is 6.80. The van der Waals surface area contributed by atoms with Crippen molar-refractivity contribution in [2.24, 2.45) is 0 Å². The summed E-state index contributed by atoms with van der Waals surface area (Å²) in [5.74, 6) is 1.27. The highest BCUT2D eigenvalue weighted by Crippen LogP contribution is 2.37. The number of hydrogen-bond acceptors (Lipinski definition) is 4. The van der Waals surface area contributed by atoms with Crippen LogP contribution in [0, 0.1) is 0 Å². The van der Waals surface area contributed by atoms with Gasteiger partial charge in [0.15, 0.2) is 17.5 Å². The average molecular weight is 535 g/mol. The highest BCUT2D eigenvalue weighted by molar-refractivity contribution is 6.15. The number of benzene rings is 6. The van der Waals surface area contributed by atoms with E-state index < -0.39 is 36.3 Å². The van der Waals surface area contributed by atoms with Crippen LogP contribution >= 0.6 is 0 Å². The van der Waals surface area contributed by atoms with E-state index in [2.05, 4.69) is 0 Å². The normalized spacial score (nSPS) is 14.5. The number of fused-ring (bicyclic) bond motifs is 5. The number of rotatable bonds is 4. The highest BCUT2D eigenvalue weighted by Gasteiger charge is 2.14. The maximum atomic E-state index is 9.33. The Balaban J connectivity index is 1.38. The Labute approximate surface area is 249 Å². The Morgan fingerprint density at radius 2 is 1.12 bits per heavy atom. The Bertz CT molecular complexity index is 2640. The van der Waals surface area contributed by atoms with Crippen LogP contribution < -0.4 is 0 Å². The number of furan rings is 1. The van der Waals surface area contributed by atoms with Gasteiger partial charge in [-0.25, -0.2) is 15.0 Å². The Kier molecular flexibility index (Phi) is 3.69. The lowest BCUT2D eigenvalue weighted by atomic mass is 10.00. The second-order valence-electron chi connectivity index (χ2n) is 9.38. The first kappa shape index (κ1) is 15.8. The van der Waals surface area contributed by atoms with E-state index in [9.17, 15) is 1.37 Å². The van der Waals surface area contributed by atoms with Gasteiger partial charge in [0, 0.05) is 32.8 Å². The molecule has 0 saturated carbocycles. The van der Waals surface area contributed by atoms with E-state index in [0.717, 1.165) is 11.1 Å². The second kappa shape index (κ2) is 9.54. The summed E-state index contributed by atoms with van der Waals surface area (Å²) in [5.41, 5.74) is 2.32. The molecule has 41 heavy (non-hydrogen) atoms. The topological polar surface area (TPSA) is 51.8 Å². The fraction of sp³-hybridized carbons (Fsp3) is 0. The van der Waals surface area contributed by atoms with Crippen LogP contribution in [-0.4, -0.2) is 15.0 Å². The van der Waals surface area contributed by atoms with E-state index in [-0.39, 0.29) is 56.4 Å². The summed E-state index contributed by atoms with van der Waals surface area (Å²) >= 11 is 0. The fourth-order valence-electron chi connectivity index (χ4n) is 4.81. The maximum absolute atomic E-state index is 9.33. The third-order valence-corrected chi connectivity index (χ3v) is 6.80. The summed E-state index contributed by atoms with van der Waals surface area (Å²) in [5, 5.41) is -0.329. The minimum absolute atomic E-state index is 0.00658. The lowest BCUT2D eigenvalue weighted by Gasteiger charge is -2.09. The molecule has 0 N–H and O–H groups in total. The average Bonchev–Trinajstić information content (AvgIpc) is 3.55. The summed E-state index contributed by atoms with van der Waals surface area (Å²) in [6.45, 7) is 0. The zero-order chi connectivity index (χ0) is 35.0. The molecule has 0 amide bonds. The summed E-state index contributed by atoms with van der Waals surface area (Å²) in [7, 11) is 0. The molecule has 0 radical (unpaired) electrons. The first-order valence-corrected chi connectivity index (χ1v) is 12.9. The van der Waals surface area contributed by atoms with E-state index in [1.165, 1.54) is 0 Å². The van der Waals surface area contributed by atoms with E-state index in [0.29, 0.717) is 28.6 Å². The van der Waals surface area contributed by atoms with Crippen LogP contribution in [0.25, 0.3) is 78.0 Å². The first-order valence-electron chi connectivity index (χ1n) is 17.4. The smallest absolute Gasteiger partial charge is 0.164 e. The molecule has 6 aromatic carbocycles. The van der Waals surface area contributed by atoms with Gasteiger partial charge in [-0.2, -0.15) is 0 Å². The van der Waals surface area contributed by atoms with Gasteiger partial charge in [-0.05, 0) is 40.7 Å². The van der Waals surface area contributed by atoms with E-state index in [1.54, 1.807) is 24.3 Å². The maximum Gasteiger partial charge on any atom is 0.164 e. The van der Waals surface area contributed by atoms with Crippen molar-refractivity contribution in [3.05, 3.63) is 139 Å². The summed E-state index contributed by atoms with van der Waals surface area (Å²) < 4.78 is 84.1. The van der Waals surface area contributed by atoms with Gasteiger partial charge in [0.1, 0.15) is 11.2 Å². The lowest BCUT2D eigenvalue weighted by molar-refractivity contribution is 0.672. The van der Waals surface area contributed by atoms with Crippen LogP contribution in [0.5, 0.6) is 0 Å². The van der Waals surface area contributed by atoms with Crippen molar-refractivity contribution in [3.63, 3.8) is 0 Å². The van der Waals surface area contributed by atoms with Crippen LogP contribution in [-0.2, 0) is 0 Å². The predicted octanol–water partition coefficient (Wildman–Crippen LogP) is 9.59. The van der Waals surface area contributed by atoms with E-state index >= 15 is 0 Å². The zero-order valence-corrected chi connectivity index (χ0v) is 21.3. The molecule has 0 atom stereocenters. The zero-order valence-electron chi connectivity index (χ0n) is 30.3. The third kappa shape index (κ3) is 4.14. The standard InChI is InChI=1S/C37H23N3O/c1-3-11-25(12-4-1)35-38-36(26-13-5-2-6-14-26)40-37(39-35)29-16-9-15-27(22-29)28-19-21-33-32(23-28)31-20-18-24-10-7-8-17-30(24)34(31)41-33/h1-23H/i7D,8D,10D,17D,18D,19D,20D,21D,23D. The molecule has 0 aliphatic carbocycles. The number of hydrogen-bond donors (Lipinski definition) is 0. The van der Waals surface area contributed by atoms with Crippen molar-refractivity contribution < 1.29 is 16.8 Å². The quantitative estimate of drug-likeness (QED) is 0.226. The minimum Gasteiger partial charge on any atom is -0.455 e. The molecule has 2 heterocycles. The first-order chi connectivity index (χ1) is 24.1. The molecular weight excluding hydrogens is 502 g/mol. The van der Waals surface area contributed by atoms with Gasteiger partial charge >= 0.3 is 0 Å². The number of nitrogens with zero attached hydrogens (tertiary/aromatic N) is 3. The van der Waals surface area contributed by atoms with Crippen molar-refractivity contribution in [1.29, 1.82) is 0 Å². The fourth-order valence-corrected chi connectivity index (χ4v) is 4.81. The predicted molar refractivity (Wildman–Crippen MR) is 166 cm³/mol. The van der Waals surface area contributed by atoms with Gasteiger partial charge in [-0.3, -0.25) is 0 Å². The minimum atomic E-state index is -0.547. The monoisotopic (exact) mass is 534 g/mol. The largest absolute Gasteiger partial charge is 0.455 e.